The molecule has 8 nitrogen and oxygen atoms in total. The van der Waals surface area contributed by atoms with Gasteiger partial charge in [0.1, 0.15) is 33.7 Å². The van der Waals surface area contributed by atoms with Crippen molar-refractivity contribution >= 4 is 49.5 Å². The zero-order valence-electron chi connectivity index (χ0n) is 18.6. The molecule has 0 fully saturated rings. The molecular formula is C23H21B2N7O. The number of pyridine rings is 1. The molecule has 1 amide bonds. The van der Waals surface area contributed by atoms with Gasteiger partial charge >= 0.3 is 0 Å². The van der Waals surface area contributed by atoms with Crippen LogP contribution in [0.4, 0.5) is 5.82 Å². The summed E-state index contributed by atoms with van der Waals surface area (Å²) in [5.41, 5.74) is 3.99. The summed E-state index contributed by atoms with van der Waals surface area (Å²) >= 11 is 0. The third kappa shape index (κ3) is 4.55. The number of carbonyl (C=O) groups is 1. The second-order valence-corrected chi connectivity index (χ2v) is 7.67. The van der Waals surface area contributed by atoms with E-state index in [1.165, 1.54) is 6.33 Å². The Hall–Kier alpha value is -3.81. The van der Waals surface area contributed by atoms with Gasteiger partial charge in [0.15, 0.2) is 0 Å². The van der Waals surface area contributed by atoms with E-state index >= 15 is 0 Å². The van der Waals surface area contributed by atoms with Gasteiger partial charge in [-0.1, -0.05) is 25.1 Å². The molecule has 0 saturated carbocycles. The Kier molecular flexibility index (Phi) is 6.35. The minimum atomic E-state index is -0.141. The van der Waals surface area contributed by atoms with Gasteiger partial charge in [-0.3, -0.25) is 9.78 Å². The molecule has 4 aromatic rings. The second kappa shape index (κ2) is 9.36. The number of benzene rings is 1. The van der Waals surface area contributed by atoms with E-state index in [9.17, 15) is 4.79 Å². The molecule has 4 radical (unpaired) electrons. The minimum Gasteiger partial charge on any atom is -0.369 e. The first-order valence-electron chi connectivity index (χ1n) is 10.4. The van der Waals surface area contributed by atoms with Gasteiger partial charge in [0.25, 0.3) is 5.91 Å². The van der Waals surface area contributed by atoms with Crippen molar-refractivity contribution in [1.29, 1.82) is 0 Å². The van der Waals surface area contributed by atoms with Crippen LogP contribution in [0.25, 0.3) is 22.2 Å². The van der Waals surface area contributed by atoms with E-state index in [-0.39, 0.29) is 23.0 Å². The average molecular weight is 433 g/mol. The summed E-state index contributed by atoms with van der Waals surface area (Å²) in [5, 5.41) is 6.83. The number of nitrogens with one attached hydrogen (secondary N) is 2. The van der Waals surface area contributed by atoms with Crippen LogP contribution >= 0.6 is 0 Å². The molecule has 0 unspecified atom stereocenters. The molecule has 160 valence electrons. The molecule has 0 saturated heterocycles. The molecule has 3 heterocycles. The molecular weight excluding hydrogens is 412 g/mol. The number of rotatable bonds is 6. The van der Waals surface area contributed by atoms with Crippen LogP contribution in [0.1, 0.15) is 34.6 Å². The molecule has 1 atom stereocenters. The number of fused-ring (bicyclic) bond motifs is 1. The monoisotopic (exact) mass is 433 g/mol. The van der Waals surface area contributed by atoms with E-state index in [1.54, 1.807) is 32.3 Å². The Bertz CT molecular complexity index is 1320. The van der Waals surface area contributed by atoms with Gasteiger partial charge in [-0.05, 0) is 29.7 Å². The molecule has 1 aromatic carbocycles. The van der Waals surface area contributed by atoms with Crippen molar-refractivity contribution in [3.8, 4) is 11.3 Å². The minimum absolute atomic E-state index is 0.0809. The van der Waals surface area contributed by atoms with E-state index in [4.69, 9.17) is 15.7 Å². The van der Waals surface area contributed by atoms with Crippen molar-refractivity contribution in [2.24, 2.45) is 0 Å². The Balaban J connectivity index is 1.58. The average Bonchev–Trinajstić information content (AvgIpc) is 2.81. The van der Waals surface area contributed by atoms with Crippen molar-refractivity contribution in [1.82, 2.24) is 30.2 Å². The fraction of sp³-hybridized carbons (Fsp3) is 0.217. The van der Waals surface area contributed by atoms with Crippen LogP contribution < -0.4 is 21.8 Å². The first-order chi connectivity index (χ1) is 15.9. The Morgan fingerprint density at radius 2 is 1.85 bits per heavy atom. The summed E-state index contributed by atoms with van der Waals surface area (Å²) in [4.78, 5) is 33.7. The Morgan fingerprint density at radius 3 is 2.58 bits per heavy atom. The highest BCUT2D eigenvalue weighted by Gasteiger charge is 2.16. The van der Waals surface area contributed by atoms with Gasteiger partial charge in [0.2, 0.25) is 0 Å². The summed E-state index contributed by atoms with van der Waals surface area (Å²) in [6, 6.07) is 9.35. The largest absolute Gasteiger partial charge is 0.369 e. The topological polar surface area (TPSA) is 106 Å². The van der Waals surface area contributed by atoms with Crippen LogP contribution in [0.3, 0.4) is 0 Å². The van der Waals surface area contributed by atoms with Crippen LogP contribution in [-0.4, -0.2) is 60.1 Å². The van der Waals surface area contributed by atoms with Gasteiger partial charge in [-0.25, -0.2) is 19.9 Å². The van der Waals surface area contributed by atoms with Crippen molar-refractivity contribution in [2.75, 3.05) is 18.9 Å². The summed E-state index contributed by atoms with van der Waals surface area (Å²) in [6.07, 6.45) is 3.10. The molecule has 33 heavy (non-hydrogen) atoms. The number of aromatic nitrogens is 5. The van der Waals surface area contributed by atoms with E-state index < -0.39 is 0 Å². The summed E-state index contributed by atoms with van der Waals surface area (Å²) in [6.45, 7) is 4.39. The lowest BCUT2D eigenvalue weighted by molar-refractivity contribution is 0.0964. The number of aryl methyl sites for hydroxylation is 1. The second-order valence-electron chi connectivity index (χ2n) is 7.67. The third-order valence-corrected chi connectivity index (χ3v) is 5.39. The van der Waals surface area contributed by atoms with E-state index in [1.807, 2.05) is 18.2 Å². The van der Waals surface area contributed by atoms with Gasteiger partial charge in [-0.15, -0.1) is 0 Å². The fourth-order valence-corrected chi connectivity index (χ4v) is 3.77. The van der Waals surface area contributed by atoms with Crippen molar-refractivity contribution in [3.63, 3.8) is 0 Å². The SMILES string of the molecule is [B]c1nc(C)nc([B])c1-c1cc(NC[C@@H](C)c2cccc3c(C(=O)NC)ccnc23)ncn1. The molecule has 4 rings (SSSR count). The predicted molar refractivity (Wildman–Crippen MR) is 131 cm³/mol. The first-order valence-corrected chi connectivity index (χ1v) is 10.4. The maximum atomic E-state index is 12.2. The normalized spacial score (nSPS) is 11.8. The van der Waals surface area contributed by atoms with Crippen molar-refractivity contribution < 1.29 is 4.79 Å². The molecule has 0 bridgehead atoms. The number of carbonyl (C=O) groups excluding carboxylic acids is 1. The molecule has 10 heteroatoms. The number of nitrogens with zero attached hydrogens (tertiary/aromatic N) is 5. The number of anilines is 1. The molecule has 0 aliphatic heterocycles. The van der Waals surface area contributed by atoms with Gasteiger partial charge < -0.3 is 10.6 Å². The number of para-hydroxylation sites is 1. The molecule has 0 aliphatic carbocycles. The highest BCUT2D eigenvalue weighted by Crippen LogP contribution is 2.26. The van der Waals surface area contributed by atoms with Crippen LogP contribution in [-0.2, 0) is 0 Å². The molecule has 0 spiro atoms. The summed E-state index contributed by atoms with van der Waals surface area (Å²) in [7, 11) is 13.7. The smallest absolute Gasteiger partial charge is 0.251 e. The summed E-state index contributed by atoms with van der Waals surface area (Å²) in [5.74, 6) is 1.05. The fourth-order valence-electron chi connectivity index (χ4n) is 3.77. The third-order valence-electron chi connectivity index (χ3n) is 5.39. The standard InChI is InChI=1S/C23H21B2N7O/c1-12(14-5-4-6-15-16(23(33)26-3)7-8-27-20(14)15)10-28-18-9-17(29-11-30-18)19-21(24)31-13(2)32-22(19)25/h4-9,11-12H,10H2,1-3H3,(H,26,33)(H,28,29,30)/t12-/m1/s1. The quantitative estimate of drug-likeness (QED) is 0.437. The molecule has 3 aromatic heterocycles. The predicted octanol–water partition coefficient (Wildman–Crippen LogP) is 0.953. The van der Waals surface area contributed by atoms with Gasteiger partial charge in [-0.2, -0.15) is 0 Å². The molecule has 2 N–H and O–H groups in total. The lowest BCUT2D eigenvalue weighted by Crippen LogP contribution is -2.27. The zero-order chi connectivity index (χ0) is 23.5. The number of hydrogen-bond acceptors (Lipinski definition) is 7. The van der Waals surface area contributed by atoms with Crippen LogP contribution in [0.2, 0.25) is 0 Å². The highest BCUT2D eigenvalue weighted by atomic mass is 16.1. The van der Waals surface area contributed by atoms with E-state index in [0.29, 0.717) is 35.0 Å². The maximum absolute atomic E-state index is 12.2. The molecule has 0 aliphatic rings. The van der Waals surface area contributed by atoms with Crippen LogP contribution in [0.5, 0.6) is 0 Å². The number of hydrogen-bond donors (Lipinski definition) is 2. The van der Waals surface area contributed by atoms with E-state index in [0.717, 1.165) is 16.5 Å². The van der Waals surface area contributed by atoms with E-state index in [2.05, 4.69) is 42.5 Å². The van der Waals surface area contributed by atoms with Crippen LogP contribution in [0, 0.1) is 6.92 Å². The van der Waals surface area contributed by atoms with Crippen molar-refractivity contribution in [3.05, 3.63) is 59.8 Å². The highest BCUT2D eigenvalue weighted by molar-refractivity contribution is 6.41. The lowest BCUT2D eigenvalue weighted by Gasteiger charge is -2.17. The maximum Gasteiger partial charge on any atom is 0.251 e. The van der Waals surface area contributed by atoms with Gasteiger partial charge in [0, 0.05) is 42.7 Å². The Morgan fingerprint density at radius 1 is 1.09 bits per heavy atom. The zero-order valence-corrected chi connectivity index (χ0v) is 18.6. The van der Waals surface area contributed by atoms with Crippen molar-refractivity contribution in [2.45, 2.75) is 19.8 Å². The summed E-state index contributed by atoms with van der Waals surface area (Å²) < 4.78 is 0. The number of amides is 1. The Labute approximate surface area is 194 Å². The first kappa shape index (κ1) is 22.4. The lowest BCUT2D eigenvalue weighted by atomic mass is 9.87. The van der Waals surface area contributed by atoms with Gasteiger partial charge in [0.05, 0.1) is 16.8 Å². The van der Waals surface area contributed by atoms with Crippen LogP contribution in [0.15, 0.2) is 42.9 Å².